The first-order valence-electron chi connectivity index (χ1n) is 8.29. The number of rotatable bonds is 7. The number of pyridine rings is 2. The summed E-state index contributed by atoms with van der Waals surface area (Å²) in [5.41, 5.74) is 9.92. The number of nitrogens with two attached hydrogens (primary N) is 1. The Bertz CT molecular complexity index is 927. The van der Waals surface area contributed by atoms with Gasteiger partial charge in [-0.3, -0.25) is 4.98 Å². The summed E-state index contributed by atoms with van der Waals surface area (Å²) >= 11 is 0. The van der Waals surface area contributed by atoms with Crippen molar-refractivity contribution in [2.24, 2.45) is 5.16 Å². The normalized spacial score (nSPS) is 11.5. The first-order chi connectivity index (χ1) is 12.7. The van der Waals surface area contributed by atoms with E-state index in [1.807, 2.05) is 24.3 Å². The number of hydrogen-bond donors (Lipinski definition) is 3. The molecular weight excluding hydrogens is 330 g/mol. The molecule has 2 heterocycles. The standard InChI is InChI=1S/C19H21N5O2/c1-13(24-26-10-9-25)17-7-5-16(20)19(23-17)22-12-14-4-6-18-15(11-14)3-2-8-21-18/h2-8,11,25H,9-10,12,20H2,1H3,(H,22,23)/b24-13+. The Morgan fingerprint density at radius 2 is 2.15 bits per heavy atom. The predicted octanol–water partition coefficient (Wildman–Crippen LogP) is 2.56. The molecule has 0 saturated carbocycles. The second-order valence-corrected chi connectivity index (χ2v) is 5.75. The van der Waals surface area contributed by atoms with Gasteiger partial charge in [0.15, 0.2) is 0 Å². The van der Waals surface area contributed by atoms with E-state index in [4.69, 9.17) is 15.7 Å². The van der Waals surface area contributed by atoms with Crippen molar-refractivity contribution >= 4 is 28.1 Å². The van der Waals surface area contributed by atoms with E-state index >= 15 is 0 Å². The first-order valence-corrected chi connectivity index (χ1v) is 8.29. The number of nitrogens with zero attached hydrogens (tertiary/aromatic N) is 3. The summed E-state index contributed by atoms with van der Waals surface area (Å²) in [6, 6.07) is 13.6. The van der Waals surface area contributed by atoms with E-state index < -0.39 is 0 Å². The molecule has 0 amide bonds. The number of aromatic nitrogens is 2. The summed E-state index contributed by atoms with van der Waals surface area (Å²) in [6.45, 7) is 2.44. The molecule has 0 radical (unpaired) electrons. The van der Waals surface area contributed by atoms with Crippen LogP contribution in [0.3, 0.4) is 0 Å². The number of nitrogens with one attached hydrogen (secondary N) is 1. The summed E-state index contributed by atoms with van der Waals surface area (Å²) in [5, 5.41) is 17.0. The Hall–Kier alpha value is -3.19. The number of fused-ring (bicyclic) bond motifs is 1. The molecule has 1 aromatic carbocycles. The van der Waals surface area contributed by atoms with Gasteiger partial charge in [0.2, 0.25) is 0 Å². The minimum atomic E-state index is -0.0833. The summed E-state index contributed by atoms with van der Waals surface area (Å²) < 4.78 is 0. The number of oxime groups is 1. The smallest absolute Gasteiger partial charge is 0.150 e. The average Bonchev–Trinajstić information content (AvgIpc) is 2.67. The van der Waals surface area contributed by atoms with Crippen molar-refractivity contribution in [3.05, 3.63) is 59.9 Å². The van der Waals surface area contributed by atoms with Crippen LogP contribution >= 0.6 is 0 Å². The number of hydrogen-bond acceptors (Lipinski definition) is 7. The quantitative estimate of drug-likeness (QED) is 0.343. The van der Waals surface area contributed by atoms with E-state index in [0.29, 0.717) is 29.5 Å². The van der Waals surface area contributed by atoms with Crippen LogP contribution in [-0.4, -0.2) is 34.0 Å². The Kier molecular flexibility index (Phi) is 5.60. The van der Waals surface area contributed by atoms with Gasteiger partial charge in [-0.1, -0.05) is 17.3 Å². The molecule has 0 saturated heterocycles. The third-order valence-electron chi connectivity index (χ3n) is 3.81. The Balaban J connectivity index is 1.74. The third-order valence-corrected chi connectivity index (χ3v) is 3.81. The molecule has 3 aromatic rings. The minimum Gasteiger partial charge on any atom is -0.396 e. The van der Waals surface area contributed by atoms with Gasteiger partial charge in [0, 0.05) is 18.1 Å². The van der Waals surface area contributed by atoms with Gasteiger partial charge in [0.05, 0.1) is 23.5 Å². The van der Waals surface area contributed by atoms with E-state index in [2.05, 4.69) is 26.5 Å². The lowest BCUT2D eigenvalue weighted by Crippen LogP contribution is -2.08. The molecule has 0 bridgehead atoms. The van der Waals surface area contributed by atoms with E-state index in [1.54, 1.807) is 25.3 Å². The molecule has 0 spiro atoms. The molecule has 0 atom stereocenters. The van der Waals surface area contributed by atoms with Crippen molar-refractivity contribution in [1.82, 2.24) is 9.97 Å². The van der Waals surface area contributed by atoms with Crippen LogP contribution in [0.2, 0.25) is 0 Å². The van der Waals surface area contributed by atoms with Crippen LogP contribution in [0.5, 0.6) is 0 Å². The predicted molar refractivity (Wildman–Crippen MR) is 103 cm³/mol. The second-order valence-electron chi connectivity index (χ2n) is 5.75. The molecule has 0 aliphatic rings. The molecule has 0 unspecified atom stereocenters. The summed E-state index contributed by atoms with van der Waals surface area (Å²) in [7, 11) is 0. The zero-order valence-electron chi connectivity index (χ0n) is 14.5. The van der Waals surface area contributed by atoms with Crippen LogP contribution in [0, 0.1) is 0 Å². The molecule has 134 valence electrons. The van der Waals surface area contributed by atoms with Crippen molar-refractivity contribution in [3.8, 4) is 0 Å². The fourth-order valence-corrected chi connectivity index (χ4v) is 2.46. The highest BCUT2D eigenvalue weighted by Gasteiger charge is 2.07. The van der Waals surface area contributed by atoms with Gasteiger partial charge in [-0.25, -0.2) is 4.98 Å². The number of nitrogen functional groups attached to an aromatic ring is 1. The van der Waals surface area contributed by atoms with Crippen molar-refractivity contribution < 1.29 is 9.94 Å². The molecule has 7 nitrogen and oxygen atoms in total. The molecule has 0 fully saturated rings. The van der Waals surface area contributed by atoms with E-state index in [0.717, 1.165) is 16.5 Å². The number of aliphatic hydroxyl groups excluding tert-OH is 1. The second kappa shape index (κ2) is 8.26. The number of anilines is 2. The molecule has 26 heavy (non-hydrogen) atoms. The Morgan fingerprint density at radius 3 is 3.00 bits per heavy atom. The van der Waals surface area contributed by atoms with Gasteiger partial charge >= 0.3 is 0 Å². The first kappa shape index (κ1) is 17.6. The maximum atomic E-state index is 8.73. The van der Waals surface area contributed by atoms with Crippen LogP contribution in [0.25, 0.3) is 10.9 Å². The van der Waals surface area contributed by atoms with Gasteiger partial charge in [0.1, 0.15) is 18.1 Å². The number of aliphatic hydroxyl groups is 1. The molecule has 7 heteroatoms. The largest absolute Gasteiger partial charge is 0.396 e. The topological polar surface area (TPSA) is 106 Å². The summed E-state index contributed by atoms with van der Waals surface area (Å²) in [6.07, 6.45) is 1.78. The highest BCUT2D eigenvalue weighted by Crippen LogP contribution is 2.19. The molecule has 0 aliphatic carbocycles. The van der Waals surface area contributed by atoms with Crippen molar-refractivity contribution in [2.45, 2.75) is 13.5 Å². The summed E-state index contributed by atoms with van der Waals surface area (Å²) in [5.74, 6) is 0.588. The van der Waals surface area contributed by atoms with Crippen LogP contribution in [-0.2, 0) is 11.4 Å². The van der Waals surface area contributed by atoms with Crippen molar-refractivity contribution in [2.75, 3.05) is 24.3 Å². The minimum absolute atomic E-state index is 0.0833. The third kappa shape index (κ3) is 4.25. The van der Waals surface area contributed by atoms with Crippen molar-refractivity contribution in [1.29, 1.82) is 0 Å². The molecule has 3 rings (SSSR count). The van der Waals surface area contributed by atoms with Crippen LogP contribution in [0.4, 0.5) is 11.5 Å². The van der Waals surface area contributed by atoms with Crippen LogP contribution < -0.4 is 11.1 Å². The fraction of sp³-hybridized carbons (Fsp3) is 0.211. The zero-order valence-corrected chi connectivity index (χ0v) is 14.5. The molecule has 2 aromatic heterocycles. The lowest BCUT2D eigenvalue weighted by atomic mass is 10.1. The maximum Gasteiger partial charge on any atom is 0.150 e. The zero-order chi connectivity index (χ0) is 18.4. The van der Waals surface area contributed by atoms with E-state index in [1.165, 1.54) is 0 Å². The van der Waals surface area contributed by atoms with E-state index in [-0.39, 0.29) is 13.2 Å². The summed E-state index contributed by atoms with van der Waals surface area (Å²) in [4.78, 5) is 13.8. The van der Waals surface area contributed by atoms with E-state index in [9.17, 15) is 0 Å². The lowest BCUT2D eigenvalue weighted by Gasteiger charge is -2.11. The molecular formula is C19H21N5O2. The lowest BCUT2D eigenvalue weighted by molar-refractivity contribution is 0.0986. The highest BCUT2D eigenvalue weighted by molar-refractivity contribution is 5.97. The monoisotopic (exact) mass is 351 g/mol. The van der Waals surface area contributed by atoms with Gasteiger partial charge in [-0.05, 0) is 42.8 Å². The molecule has 0 aliphatic heterocycles. The van der Waals surface area contributed by atoms with Crippen molar-refractivity contribution in [3.63, 3.8) is 0 Å². The maximum absolute atomic E-state index is 8.73. The van der Waals surface area contributed by atoms with Gasteiger partial charge in [-0.2, -0.15) is 0 Å². The Labute approximate surface area is 151 Å². The molecule has 4 N–H and O–H groups in total. The highest BCUT2D eigenvalue weighted by atomic mass is 16.6. The van der Waals surface area contributed by atoms with Crippen LogP contribution in [0.15, 0.2) is 53.8 Å². The van der Waals surface area contributed by atoms with Crippen LogP contribution in [0.1, 0.15) is 18.2 Å². The van der Waals surface area contributed by atoms with Gasteiger partial charge < -0.3 is 21.0 Å². The van der Waals surface area contributed by atoms with Gasteiger partial charge in [-0.15, -0.1) is 0 Å². The fourth-order valence-electron chi connectivity index (χ4n) is 2.46. The SMILES string of the molecule is C/C(=N\OCCO)c1ccc(N)c(NCc2ccc3ncccc3c2)n1. The number of benzene rings is 1. The Morgan fingerprint density at radius 1 is 1.27 bits per heavy atom. The average molecular weight is 351 g/mol. The van der Waals surface area contributed by atoms with Gasteiger partial charge in [0.25, 0.3) is 0 Å².